The lowest BCUT2D eigenvalue weighted by Crippen LogP contribution is -2.26. The van der Waals surface area contributed by atoms with Crippen molar-refractivity contribution in [3.05, 3.63) is 185 Å². The summed E-state index contributed by atoms with van der Waals surface area (Å²) in [7, 11) is 0. The van der Waals surface area contributed by atoms with Gasteiger partial charge in [0.05, 0.1) is 0 Å². The highest BCUT2D eigenvalue weighted by Crippen LogP contribution is 2.58. The highest BCUT2D eigenvalue weighted by Gasteiger charge is 2.44. The molecule has 12 aromatic rings. The maximum absolute atomic E-state index is 2.50. The largest absolute Gasteiger partial charge is 0.139 e. The zero-order chi connectivity index (χ0) is 58.0. The number of rotatable bonds is 32. The lowest BCUT2D eigenvalue weighted by Gasteiger charge is -2.31. The molecular formula is C73H76S12. The van der Waals surface area contributed by atoms with Crippen LogP contribution in [0, 0.1) is 0 Å². The maximum Gasteiger partial charge on any atom is 0.107 e. The van der Waals surface area contributed by atoms with E-state index in [4.69, 9.17) is 0 Å². The molecule has 0 atom stereocenters. The Morgan fingerprint density at radius 1 is 0.188 bits per heavy atom. The van der Waals surface area contributed by atoms with E-state index >= 15 is 0 Å². The Hall–Kier alpha value is -3.60. The van der Waals surface area contributed by atoms with Crippen molar-refractivity contribution < 1.29 is 0 Å². The van der Waals surface area contributed by atoms with Gasteiger partial charge in [-0.2, -0.15) is 0 Å². The van der Waals surface area contributed by atoms with Crippen LogP contribution < -0.4 is 0 Å². The van der Waals surface area contributed by atoms with E-state index in [-0.39, 0.29) is 0 Å². The topological polar surface area (TPSA) is 0 Å². The van der Waals surface area contributed by atoms with Crippen LogP contribution in [0.5, 0.6) is 0 Å². The van der Waals surface area contributed by atoms with Crippen LogP contribution in [0.4, 0.5) is 0 Å². The molecule has 12 heterocycles. The summed E-state index contributed by atoms with van der Waals surface area (Å²) in [6.07, 6.45) is 25.6. The summed E-state index contributed by atoms with van der Waals surface area (Å²) < 4.78 is 0. The van der Waals surface area contributed by atoms with Crippen LogP contribution in [0.15, 0.2) is 146 Å². The molecule has 0 aliphatic heterocycles. The Morgan fingerprint density at radius 3 is 0.576 bits per heavy atom. The van der Waals surface area contributed by atoms with Gasteiger partial charge >= 0.3 is 0 Å². The summed E-state index contributed by atoms with van der Waals surface area (Å²) in [4.78, 5) is 33.4. The molecule has 0 spiro atoms. The summed E-state index contributed by atoms with van der Waals surface area (Å²) in [5, 5.41) is 0. The van der Waals surface area contributed by atoms with Crippen molar-refractivity contribution in [2.45, 2.75) is 162 Å². The Kier molecular flexibility index (Phi) is 21.6. The van der Waals surface area contributed by atoms with Crippen LogP contribution in [0.1, 0.15) is 169 Å². The van der Waals surface area contributed by atoms with E-state index in [9.17, 15) is 0 Å². The van der Waals surface area contributed by atoms with E-state index in [0.717, 1.165) is 0 Å². The first-order chi connectivity index (χ1) is 41.9. The standard InChI is InChI=1S/C73H76S12/c1-5-9-13-17-21-49-25-29-53(74-49)57-33-37-61(78-57)65-41-45-69(82-65)73(70-46-42-66(83-70)62-38-34-58(79-62)54-30-26-50(75-54)22-18-14-10-6-2,71-47-43-67(84-71)63-39-35-59(80-63)55-31-27-51(76-55)23-19-15-11-7-3)72-48-44-68(85-72)64-40-36-60(81-64)56-32-28-52(77-56)24-20-16-12-8-4/h25-48H,5-24H2,1-4H3. The second-order valence-electron chi connectivity index (χ2n) is 22.4. The molecule has 12 rings (SSSR count). The number of thiophene rings is 12. The fraction of sp³-hybridized carbons (Fsp3) is 0.342. The first-order valence-corrected chi connectivity index (χ1v) is 40.9. The molecule has 12 aromatic heterocycles. The lowest BCUT2D eigenvalue weighted by atomic mass is 9.81. The second kappa shape index (κ2) is 29.8. The van der Waals surface area contributed by atoms with Crippen LogP contribution in [0.3, 0.4) is 0 Å². The Balaban J connectivity index is 0.936. The number of aryl methyl sites for hydroxylation is 4. The molecule has 85 heavy (non-hydrogen) atoms. The predicted molar refractivity (Wildman–Crippen MR) is 394 cm³/mol. The first-order valence-electron chi connectivity index (χ1n) is 31.1. The molecule has 0 radical (unpaired) electrons. The number of unbranched alkanes of at least 4 members (excludes halogenated alkanes) is 12. The summed E-state index contributed by atoms with van der Waals surface area (Å²) in [6.45, 7) is 9.20. The van der Waals surface area contributed by atoms with Crippen molar-refractivity contribution in [3.8, 4) is 78.0 Å². The average molecular weight is 1340 g/mol. The van der Waals surface area contributed by atoms with Crippen molar-refractivity contribution in [2.24, 2.45) is 0 Å². The van der Waals surface area contributed by atoms with Crippen molar-refractivity contribution in [1.82, 2.24) is 0 Å². The smallest absolute Gasteiger partial charge is 0.107 e. The Morgan fingerprint density at radius 2 is 0.365 bits per heavy atom. The quantitative estimate of drug-likeness (QED) is 0.0369. The van der Waals surface area contributed by atoms with Crippen LogP contribution in [-0.2, 0) is 31.1 Å². The highest BCUT2D eigenvalue weighted by molar-refractivity contribution is 7.30. The minimum Gasteiger partial charge on any atom is -0.139 e. The van der Waals surface area contributed by atoms with Gasteiger partial charge in [0.2, 0.25) is 0 Å². The van der Waals surface area contributed by atoms with Gasteiger partial charge in [0.25, 0.3) is 0 Å². The van der Waals surface area contributed by atoms with Crippen molar-refractivity contribution in [1.29, 1.82) is 0 Å². The number of hydrogen-bond acceptors (Lipinski definition) is 12. The van der Waals surface area contributed by atoms with E-state index < -0.39 is 5.41 Å². The van der Waals surface area contributed by atoms with E-state index in [0.29, 0.717) is 0 Å². The van der Waals surface area contributed by atoms with Gasteiger partial charge in [0, 0.05) is 117 Å². The van der Waals surface area contributed by atoms with E-state index in [1.54, 1.807) is 0 Å². The summed E-state index contributed by atoms with van der Waals surface area (Å²) >= 11 is 23.8. The fourth-order valence-corrected chi connectivity index (χ4v) is 25.6. The van der Waals surface area contributed by atoms with E-state index in [2.05, 4.69) is 173 Å². The van der Waals surface area contributed by atoms with Gasteiger partial charge in [-0.25, -0.2) is 0 Å². The number of hydrogen-bond donors (Lipinski definition) is 0. The third kappa shape index (κ3) is 14.5. The van der Waals surface area contributed by atoms with Crippen LogP contribution >= 0.6 is 136 Å². The van der Waals surface area contributed by atoms with Gasteiger partial charge < -0.3 is 0 Å². The van der Waals surface area contributed by atoms with Crippen molar-refractivity contribution >= 4 is 136 Å². The predicted octanol–water partition coefficient (Wildman–Crippen LogP) is 28.6. The third-order valence-electron chi connectivity index (χ3n) is 16.0. The molecule has 0 nitrogen and oxygen atoms in total. The van der Waals surface area contributed by atoms with Gasteiger partial charge in [-0.15, -0.1) is 136 Å². The van der Waals surface area contributed by atoms with Crippen LogP contribution in [0.2, 0.25) is 0 Å². The summed E-state index contributed by atoms with van der Waals surface area (Å²) in [5.74, 6) is 0. The Labute approximate surface area is 554 Å². The minimum atomic E-state index is -0.542. The lowest BCUT2D eigenvalue weighted by molar-refractivity contribution is 0.670. The molecular weight excluding hydrogens is 1260 g/mol. The van der Waals surface area contributed by atoms with Gasteiger partial charge in [-0.3, -0.25) is 0 Å². The normalized spacial score (nSPS) is 12.0. The fourth-order valence-electron chi connectivity index (χ4n) is 11.3. The summed E-state index contributed by atoms with van der Waals surface area (Å²) in [5.41, 5.74) is -0.542. The zero-order valence-corrected chi connectivity index (χ0v) is 59.2. The van der Waals surface area contributed by atoms with Crippen LogP contribution in [-0.4, -0.2) is 0 Å². The highest BCUT2D eigenvalue weighted by atomic mass is 32.1. The van der Waals surface area contributed by atoms with Crippen molar-refractivity contribution in [2.75, 3.05) is 0 Å². The van der Waals surface area contributed by atoms with E-state index in [1.807, 2.05) is 136 Å². The molecule has 0 saturated heterocycles. The molecule has 0 bridgehead atoms. The zero-order valence-electron chi connectivity index (χ0n) is 49.4. The van der Waals surface area contributed by atoms with Crippen LogP contribution in [0.25, 0.3) is 78.0 Å². The van der Waals surface area contributed by atoms with Crippen molar-refractivity contribution in [3.63, 3.8) is 0 Å². The minimum absolute atomic E-state index is 0.542. The molecule has 0 N–H and O–H groups in total. The van der Waals surface area contributed by atoms with E-state index in [1.165, 1.54) is 245 Å². The van der Waals surface area contributed by atoms with Gasteiger partial charge in [-0.05, 0) is 197 Å². The SMILES string of the molecule is CCCCCCc1ccc(-c2ccc(-c3ccc(C(c4ccc(-c5ccc(-c6ccc(CCCCCC)s6)s5)s4)(c4ccc(-c5ccc(-c6ccc(CCCCCC)s6)s5)s4)c4ccc(-c5ccc(-c6ccc(CCCCCC)s6)s5)s4)s3)s2)s1. The molecule has 440 valence electrons. The molecule has 0 fully saturated rings. The first kappa shape index (κ1) is 61.6. The molecule has 0 aliphatic carbocycles. The monoisotopic (exact) mass is 1340 g/mol. The average Bonchev–Trinajstić information content (AvgIpc) is 1.80. The second-order valence-corrected chi connectivity index (χ2v) is 35.7. The Bertz CT molecular complexity index is 3450. The van der Waals surface area contributed by atoms with Gasteiger partial charge in [0.15, 0.2) is 0 Å². The molecule has 0 amide bonds. The maximum atomic E-state index is 2.50. The van der Waals surface area contributed by atoms with Gasteiger partial charge in [0.1, 0.15) is 5.41 Å². The molecule has 0 aromatic carbocycles. The molecule has 0 aliphatic rings. The third-order valence-corrected chi connectivity index (χ3v) is 31.3. The molecule has 12 heteroatoms. The molecule has 0 unspecified atom stereocenters. The summed E-state index contributed by atoms with van der Waals surface area (Å²) in [6, 6.07) is 57.8. The van der Waals surface area contributed by atoms with Gasteiger partial charge in [-0.1, -0.05) is 105 Å². The molecule has 0 saturated carbocycles.